The largest absolute Gasteiger partial charge is 0.381 e. The molecule has 1 aromatic carbocycles. The Labute approximate surface area is 241 Å². The predicted octanol–water partition coefficient (Wildman–Crippen LogP) is 3.30. The van der Waals surface area contributed by atoms with E-state index >= 15 is 4.39 Å². The number of anilines is 1. The van der Waals surface area contributed by atoms with Gasteiger partial charge < -0.3 is 21.1 Å². The average molecular weight is 596 g/mol. The molecule has 0 spiro atoms. The van der Waals surface area contributed by atoms with Crippen LogP contribution in [0.4, 0.5) is 10.1 Å². The monoisotopic (exact) mass is 595 g/mol. The summed E-state index contributed by atoms with van der Waals surface area (Å²) >= 11 is 6.11. The number of amides is 1. The number of hydrogen-bond donors (Lipinski definition) is 3. The third kappa shape index (κ3) is 7.57. The van der Waals surface area contributed by atoms with E-state index in [-0.39, 0.29) is 41.3 Å². The van der Waals surface area contributed by atoms with Crippen molar-refractivity contribution in [1.82, 2.24) is 14.6 Å². The second kappa shape index (κ2) is 14.2. The van der Waals surface area contributed by atoms with Crippen molar-refractivity contribution in [2.24, 2.45) is 11.7 Å². The van der Waals surface area contributed by atoms with E-state index in [0.29, 0.717) is 50.7 Å². The Morgan fingerprint density at radius 1 is 1.27 bits per heavy atom. The lowest BCUT2D eigenvalue weighted by Crippen LogP contribution is -2.54. The summed E-state index contributed by atoms with van der Waals surface area (Å²) in [6.45, 7) is 4.47. The van der Waals surface area contributed by atoms with Gasteiger partial charge in [-0.3, -0.25) is 9.78 Å². The Balaban J connectivity index is 1.51. The van der Waals surface area contributed by atoms with Crippen molar-refractivity contribution in [1.29, 1.82) is 0 Å². The predicted molar refractivity (Wildman–Crippen MR) is 154 cm³/mol. The molecule has 4 N–H and O–H groups in total. The molecule has 2 aliphatic heterocycles. The fraction of sp³-hybridized carbons (Fsp3) is 0.571. The average Bonchev–Trinajstić information content (AvgIpc) is 2.94. The number of pyridine rings is 1. The minimum Gasteiger partial charge on any atom is -0.381 e. The zero-order valence-electron chi connectivity index (χ0n) is 22.8. The highest BCUT2D eigenvalue weighted by Gasteiger charge is 2.35. The van der Waals surface area contributed by atoms with Gasteiger partial charge in [-0.05, 0) is 55.7 Å². The summed E-state index contributed by atoms with van der Waals surface area (Å²) in [6, 6.07) is 6.13. The molecule has 1 aromatic heterocycles. The van der Waals surface area contributed by atoms with Gasteiger partial charge in [0.1, 0.15) is 5.82 Å². The summed E-state index contributed by atoms with van der Waals surface area (Å²) in [7, 11) is -3.40. The lowest BCUT2D eigenvalue weighted by Gasteiger charge is -2.35. The Bertz CT molecular complexity index is 1240. The molecule has 0 aliphatic carbocycles. The van der Waals surface area contributed by atoms with Crippen molar-refractivity contribution in [3.05, 3.63) is 58.6 Å². The van der Waals surface area contributed by atoms with Crippen LogP contribution in [0.2, 0.25) is 5.02 Å². The maximum Gasteiger partial charge on any atom is 0.241 e. The Kier molecular flexibility index (Phi) is 10.9. The second-order valence-electron chi connectivity index (χ2n) is 10.5. The number of halogens is 2. The van der Waals surface area contributed by atoms with Crippen molar-refractivity contribution in [2.45, 2.75) is 57.0 Å². The summed E-state index contributed by atoms with van der Waals surface area (Å²) in [5, 5.41) is 6.66. The van der Waals surface area contributed by atoms with E-state index in [4.69, 9.17) is 22.1 Å². The highest BCUT2D eigenvalue weighted by atomic mass is 35.5. The number of rotatable bonds is 11. The van der Waals surface area contributed by atoms with Gasteiger partial charge in [-0.1, -0.05) is 30.7 Å². The molecule has 2 aliphatic rings. The number of nitrogens with one attached hydrogen (secondary N) is 2. The maximum atomic E-state index is 15.0. The standard InChI is InChI=1S/C28H39ClFN5O4S/c1-2-15-40(37,38)35-12-11-32-16-22(35)7-8-23-24(30)17-33-18-25(23)34-28(36)27(31)26(20-9-13-39-14-10-20)19-3-5-21(29)6-4-19/h3-6,17-18,20,22,26-27,32H,2,7-16,31H2,1H3,(H,34,36)/t22-,26?,27-/m0/s1. The highest BCUT2D eigenvalue weighted by Crippen LogP contribution is 2.35. The normalized spacial score (nSPS) is 20.6. The van der Waals surface area contributed by atoms with Gasteiger partial charge in [0.25, 0.3) is 0 Å². The van der Waals surface area contributed by atoms with Gasteiger partial charge in [0.2, 0.25) is 15.9 Å². The Morgan fingerprint density at radius 2 is 2.00 bits per heavy atom. The summed E-state index contributed by atoms with van der Waals surface area (Å²) < 4.78 is 47.7. The molecule has 1 amide bonds. The zero-order valence-corrected chi connectivity index (χ0v) is 24.4. The van der Waals surface area contributed by atoms with Crippen LogP contribution in [0.25, 0.3) is 0 Å². The number of carbonyl (C=O) groups excluding carboxylic acids is 1. The molecule has 2 saturated heterocycles. The molecule has 9 nitrogen and oxygen atoms in total. The second-order valence-corrected chi connectivity index (χ2v) is 13.0. The van der Waals surface area contributed by atoms with Crippen LogP contribution < -0.4 is 16.4 Å². The first kappa shape index (κ1) is 30.8. The molecule has 12 heteroatoms. The van der Waals surface area contributed by atoms with Crippen LogP contribution in [0.15, 0.2) is 36.7 Å². The van der Waals surface area contributed by atoms with E-state index in [2.05, 4.69) is 15.6 Å². The molecule has 0 saturated carbocycles. The number of hydrogen-bond acceptors (Lipinski definition) is 7. The molecule has 40 heavy (non-hydrogen) atoms. The Hall–Kier alpha value is -2.15. The van der Waals surface area contributed by atoms with Gasteiger partial charge in [-0.25, -0.2) is 12.8 Å². The molecule has 2 fully saturated rings. The molecular formula is C28H39ClFN5O4S. The van der Waals surface area contributed by atoms with Gasteiger partial charge in [0, 0.05) is 55.4 Å². The first-order valence-electron chi connectivity index (χ1n) is 13.9. The van der Waals surface area contributed by atoms with Crippen molar-refractivity contribution < 1.29 is 22.3 Å². The van der Waals surface area contributed by atoms with E-state index in [1.807, 2.05) is 19.1 Å². The first-order valence-corrected chi connectivity index (χ1v) is 15.9. The zero-order chi connectivity index (χ0) is 28.7. The summed E-state index contributed by atoms with van der Waals surface area (Å²) in [4.78, 5) is 17.5. The smallest absolute Gasteiger partial charge is 0.241 e. The van der Waals surface area contributed by atoms with Crippen molar-refractivity contribution >= 4 is 33.2 Å². The lowest BCUT2D eigenvalue weighted by molar-refractivity contribution is -0.118. The minimum atomic E-state index is -3.40. The molecule has 4 rings (SSSR count). The van der Waals surface area contributed by atoms with Crippen LogP contribution in [-0.2, 0) is 26.0 Å². The third-order valence-corrected chi connectivity index (χ3v) is 10.2. The van der Waals surface area contributed by atoms with Crippen molar-refractivity contribution in [3.63, 3.8) is 0 Å². The number of nitrogens with two attached hydrogens (primary N) is 1. The Morgan fingerprint density at radius 3 is 2.70 bits per heavy atom. The molecule has 2 aromatic rings. The van der Waals surface area contributed by atoms with Gasteiger partial charge in [-0.2, -0.15) is 4.31 Å². The highest BCUT2D eigenvalue weighted by molar-refractivity contribution is 7.89. The maximum absolute atomic E-state index is 15.0. The SMILES string of the molecule is CCCS(=O)(=O)N1CCNC[C@@H]1CCc1c(F)cncc1NC(=O)[C@@H](N)C(c1ccc(Cl)cc1)C1CCOCC1. The molecule has 220 valence electrons. The van der Waals surface area contributed by atoms with Crippen LogP contribution in [0.1, 0.15) is 49.7 Å². The molecule has 0 radical (unpaired) electrons. The minimum absolute atomic E-state index is 0.0776. The van der Waals surface area contributed by atoms with Crippen LogP contribution in [0.5, 0.6) is 0 Å². The van der Waals surface area contributed by atoms with Crippen LogP contribution >= 0.6 is 11.6 Å². The van der Waals surface area contributed by atoms with Crippen LogP contribution in [-0.4, -0.2) is 74.3 Å². The van der Waals surface area contributed by atoms with E-state index in [9.17, 15) is 13.2 Å². The van der Waals surface area contributed by atoms with Crippen LogP contribution in [0.3, 0.4) is 0 Å². The lowest BCUT2D eigenvalue weighted by atomic mass is 9.76. The number of carbonyl (C=O) groups is 1. The number of benzene rings is 1. The van der Waals surface area contributed by atoms with E-state index < -0.39 is 27.8 Å². The topological polar surface area (TPSA) is 127 Å². The van der Waals surface area contributed by atoms with Gasteiger partial charge in [-0.15, -0.1) is 0 Å². The number of aromatic nitrogens is 1. The van der Waals surface area contributed by atoms with Gasteiger partial charge in [0.15, 0.2) is 0 Å². The first-order chi connectivity index (χ1) is 19.2. The molecule has 3 atom stereocenters. The quantitative estimate of drug-likeness (QED) is 0.364. The summed E-state index contributed by atoms with van der Waals surface area (Å²) in [5.74, 6) is -1.07. The van der Waals surface area contributed by atoms with Crippen molar-refractivity contribution in [3.8, 4) is 0 Å². The molecule has 0 bridgehead atoms. The molecular weight excluding hydrogens is 557 g/mol. The fourth-order valence-electron chi connectivity index (χ4n) is 5.78. The summed E-state index contributed by atoms with van der Waals surface area (Å²) in [5.41, 5.74) is 8.04. The summed E-state index contributed by atoms with van der Waals surface area (Å²) in [6.07, 6.45) is 5.21. The number of nitrogens with zero attached hydrogens (tertiary/aromatic N) is 2. The van der Waals surface area contributed by atoms with Gasteiger partial charge in [0.05, 0.1) is 29.9 Å². The van der Waals surface area contributed by atoms with E-state index in [0.717, 1.165) is 24.6 Å². The number of ether oxygens (including phenoxy) is 1. The van der Waals surface area contributed by atoms with Crippen LogP contribution in [0, 0.1) is 11.7 Å². The molecule has 3 heterocycles. The number of sulfonamides is 1. The fourth-order valence-corrected chi connectivity index (χ4v) is 7.66. The third-order valence-electron chi connectivity index (χ3n) is 7.82. The molecule has 1 unspecified atom stereocenters. The number of piperazine rings is 1. The van der Waals surface area contributed by atoms with Crippen molar-refractivity contribution in [2.75, 3.05) is 43.9 Å². The van der Waals surface area contributed by atoms with E-state index in [1.54, 1.807) is 12.1 Å². The van der Waals surface area contributed by atoms with E-state index in [1.165, 1.54) is 10.5 Å². The van der Waals surface area contributed by atoms with Gasteiger partial charge >= 0.3 is 0 Å².